The molecule has 12 heteroatoms. The number of morpholine rings is 1. The zero-order valence-corrected chi connectivity index (χ0v) is 15.7. The number of rotatable bonds is 2. The van der Waals surface area contributed by atoms with Crippen LogP contribution < -0.4 is 4.74 Å². The van der Waals surface area contributed by atoms with Gasteiger partial charge in [-0.25, -0.2) is 19.0 Å². The van der Waals surface area contributed by atoms with Crippen LogP contribution in [0.15, 0.2) is 18.3 Å². The Morgan fingerprint density at radius 3 is 2.55 bits per heavy atom. The van der Waals surface area contributed by atoms with Gasteiger partial charge in [0.25, 0.3) is 5.88 Å². The van der Waals surface area contributed by atoms with Crippen LogP contribution in [0, 0.1) is 5.82 Å². The van der Waals surface area contributed by atoms with E-state index in [9.17, 15) is 22.4 Å². The number of alkyl halides is 3. The molecule has 1 aromatic heterocycles. The van der Waals surface area contributed by atoms with Crippen LogP contribution in [-0.4, -0.2) is 83.6 Å². The van der Waals surface area contributed by atoms with E-state index in [4.69, 9.17) is 19.4 Å². The maximum Gasteiger partial charge on any atom is 0.490 e. The number of hydrogen-bond donors (Lipinski definition) is 1. The highest BCUT2D eigenvalue weighted by Gasteiger charge is 2.46. The summed E-state index contributed by atoms with van der Waals surface area (Å²) in [7, 11) is 3.47. The Morgan fingerprint density at radius 1 is 1.34 bits per heavy atom. The first kappa shape index (κ1) is 22.7. The van der Waals surface area contributed by atoms with Gasteiger partial charge >= 0.3 is 18.2 Å². The minimum atomic E-state index is -5.08. The first-order chi connectivity index (χ1) is 13.5. The summed E-state index contributed by atoms with van der Waals surface area (Å²) in [6, 6.07) is 2.79. The summed E-state index contributed by atoms with van der Waals surface area (Å²) in [4.78, 5) is 28.4. The number of pyridine rings is 1. The molecule has 3 rings (SSSR count). The Hall–Kier alpha value is -2.63. The van der Waals surface area contributed by atoms with Crippen molar-refractivity contribution >= 4 is 12.0 Å². The minimum Gasteiger partial charge on any atom is -0.475 e. The summed E-state index contributed by atoms with van der Waals surface area (Å²) in [6.07, 6.45) is -2.62. The lowest BCUT2D eigenvalue weighted by Gasteiger charge is -2.39. The Balaban J connectivity index is 0.000000370. The fourth-order valence-corrected chi connectivity index (χ4v) is 3.14. The predicted octanol–water partition coefficient (Wildman–Crippen LogP) is 2.15. The summed E-state index contributed by atoms with van der Waals surface area (Å²) < 4.78 is 56.9. The smallest absolute Gasteiger partial charge is 0.475 e. The molecule has 1 saturated heterocycles. The normalized spacial score (nSPS) is 23.5. The monoisotopic (exact) mass is 423 g/mol. The number of carbonyl (C=O) groups excluding carboxylic acids is 1. The molecular formula is C17H21F4N3O5. The summed E-state index contributed by atoms with van der Waals surface area (Å²) in [5.74, 6) is -3.25. The largest absolute Gasteiger partial charge is 0.490 e. The van der Waals surface area contributed by atoms with Crippen molar-refractivity contribution in [1.29, 1.82) is 0 Å². The number of aliphatic carboxylic acids is 1. The number of carboxylic acids is 1. The topological polar surface area (TPSA) is 92.2 Å². The summed E-state index contributed by atoms with van der Waals surface area (Å²) >= 11 is 0. The first-order valence-electron chi connectivity index (χ1n) is 8.69. The van der Waals surface area contributed by atoms with Crippen LogP contribution in [0.1, 0.15) is 12.8 Å². The zero-order valence-electron chi connectivity index (χ0n) is 15.7. The van der Waals surface area contributed by atoms with Crippen molar-refractivity contribution < 1.29 is 41.7 Å². The number of fused-ring (bicyclic) bond motifs is 1. The Labute approximate surface area is 164 Å². The van der Waals surface area contributed by atoms with E-state index in [-0.39, 0.29) is 30.2 Å². The van der Waals surface area contributed by atoms with Gasteiger partial charge in [-0.15, -0.1) is 0 Å². The average molecular weight is 423 g/mol. The second-order valence-corrected chi connectivity index (χ2v) is 6.60. The molecule has 1 saturated carbocycles. The maximum atomic E-state index is 13.7. The maximum absolute atomic E-state index is 13.7. The van der Waals surface area contributed by atoms with E-state index in [0.717, 1.165) is 6.42 Å². The Morgan fingerprint density at radius 2 is 2.00 bits per heavy atom. The van der Waals surface area contributed by atoms with Gasteiger partial charge in [-0.2, -0.15) is 13.2 Å². The molecule has 1 aliphatic carbocycles. The zero-order chi connectivity index (χ0) is 21.8. The molecule has 0 unspecified atom stereocenters. The van der Waals surface area contributed by atoms with E-state index in [1.165, 1.54) is 18.3 Å². The number of halogens is 4. The van der Waals surface area contributed by atoms with E-state index >= 15 is 0 Å². The van der Waals surface area contributed by atoms with Crippen LogP contribution >= 0.6 is 0 Å². The average Bonchev–Trinajstić information content (AvgIpc) is 3.05. The molecule has 0 radical (unpaired) electrons. The van der Waals surface area contributed by atoms with Gasteiger partial charge in [0.2, 0.25) is 0 Å². The molecule has 2 fully saturated rings. The molecule has 162 valence electrons. The van der Waals surface area contributed by atoms with E-state index < -0.39 is 18.0 Å². The van der Waals surface area contributed by atoms with Gasteiger partial charge in [0.1, 0.15) is 12.2 Å². The second kappa shape index (κ2) is 9.25. The molecule has 3 atom stereocenters. The predicted molar refractivity (Wildman–Crippen MR) is 90.9 cm³/mol. The lowest BCUT2D eigenvalue weighted by Crippen LogP contribution is -2.56. The molecule has 2 aliphatic rings. The molecule has 0 bridgehead atoms. The number of amides is 2. The van der Waals surface area contributed by atoms with Crippen LogP contribution in [0.4, 0.5) is 22.4 Å². The van der Waals surface area contributed by atoms with Gasteiger partial charge in [-0.05, 0) is 25.0 Å². The third-order valence-corrected chi connectivity index (χ3v) is 4.39. The van der Waals surface area contributed by atoms with Crippen LogP contribution in [0.25, 0.3) is 0 Å². The van der Waals surface area contributed by atoms with Crippen LogP contribution in [-0.2, 0) is 9.53 Å². The molecule has 1 aliphatic heterocycles. The Bertz CT molecular complexity index is 731. The van der Waals surface area contributed by atoms with Gasteiger partial charge in [0, 0.05) is 26.8 Å². The number of ether oxygens (including phenoxy) is 2. The van der Waals surface area contributed by atoms with Crippen molar-refractivity contribution in [1.82, 2.24) is 14.8 Å². The molecule has 1 N–H and O–H groups in total. The fraction of sp³-hybridized carbons (Fsp3) is 0.588. The molecular weight excluding hydrogens is 402 g/mol. The van der Waals surface area contributed by atoms with Gasteiger partial charge < -0.3 is 24.4 Å². The molecule has 1 aromatic rings. The van der Waals surface area contributed by atoms with E-state index in [0.29, 0.717) is 19.6 Å². The lowest BCUT2D eigenvalue weighted by atomic mass is 10.1. The third-order valence-electron chi connectivity index (χ3n) is 4.39. The number of hydrogen-bond acceptors (Lipinski definition) is 5. The molecule has 8 nitrogen and oxygen atoms in total. The molecule has 2 amide bonds. The summed E-state index contributed by atoms with van der Waals surface area (Å²) in [5.41, 5.74) is 0. The van der Waals surface area contributed by atoms with Crippen molar-refractivity contribution in [3.05, 3.63) is 24.1 Å². The molecule has 0 aromatic carbocycles. The van der Waals surface area contributed by atoms with E-state index in [2.05, 4.69) is 4.98 Å². The third kappa shape index (κ3) is 5.68. The highest BCUT2D eigenvalue weighted by Crippen LogP contribution is 2.33. The first-order valence-corrected chi connectivity index (χ1v) is 8.69. The Kier molecular flexibility index (Phi) is 7.22. The molecule has 2 heterocycles. The highest BCUT2D eigenvalue weighted by atomic mass is 19.4. The van der Waals surface area contributed by atoms with E-state index in [1.54, 1.807) is 19.0 Å². The van der Waals surface area contributed by atoms with Gasteiger partial charge in [0.05, 0.1) is 12.6 Å². The highest BCUT2D eigenvalue weighted by molar-refractivity contribution is 5.74. The van der Waals surface area contributed by atoms with Crippen LogP contribution in [0.2, 0.25) is 0 Å². The molecule has 0 spiro atoms. The lowest BCUT2D eigenvalue weighted by molar-refractivity contribution is -0.192. The van der Waals surface area contributed by atoms with Crippen molar-refractivity contribution in [2.45, 2.75) is 37.3 Å². The van der Waals surface area contributed by atoms with E-state index in [1.807, 2.05) is 4.90 Å². The van der Waals surface area contributed by atoms with Gasteiger partial charge in [-0.3, -0.25) is 0 Å². The number of urea groups is 1. The van der Waals surface area contributed by atoms with Crippen LogP contribution in [0.3, 0.4) is 0 Å². The quantitative estimate of drug-likeness (QED) is 0.733. The second-order valence-electron chi connectivity index (χ2n) is 6.60. The number of aromatic nitrogens is 1. The summed E-state index contributed by atoms with van der Waals surface area (Å²) in [6.45, 7) is 1.04. The number of carboxylic acid groups (broad SMARTS) is 1. The SMILES string of the molecule is CN(C)C(=O)N1CCO[C@H]2[C@H](Oc3ncccc3F)CC[C@@H]21.O=C(O)C(F)(F)F. The minimum absolute atomic E-state index is 0.00666. The van der Waals surface area contributed by atoms with Gasteiger partial charge in [0.15, 0.2) is 5.82 Å². The summed E-state index contributed by atoms with van der Waals surface area (Å²) in [5, 5.41) is 7.12. The van der Waals surface area contributed by atoms with Gasteiger partial charge in [-0.1, -0.05) is 0 Å². The number of nitrogens with zero attached hydrogens (tertiary/aromatic N) is 3. The van der Waals surface area contributed by atoms with Crippen molar-refractivity contribution in [2.75, 3.05) is 27.2 Å². The number of carbonyl (C=O) groups is 2. The fourth-order valence-electron chi connectivity index (χ4n) is 3.14. The molecule has 29 heavy (non-hydrogen) atoms. The van der Waals surface area contributed by atoms with Crippen LogP contribution in [0.5, 0.6) is 5.88 Å². The van der Waals surface area contributed by atoms with Crippen molar-refractivity contribution in [3.8, 4) is 5.88 Å². The van der Waals surface area contributed by atoms with Crippen molar-refractivity contribution in [2.24, 2.45) is 0 Å². The standard InChI is InChI=1S/C15H20FN3O3.C2HF3O2/c1-18(2)15(20)19-8-9-21-13-11(19)5-6-12(13)22-14-10(16)4-3-7-17-14;3-2(4,5)1(6)7/h3-4,7,11-13H,5-6,8-9H2,1-2H3;(H,6,7)/t11-,12+,13+;/m0./s1. The van der Waals surface area contributed by atoms with Crippen molar-refractivity contribution in [3.63, 3.8) is 0 Å².